The summed E-state index contributed by atoms with van der Waals surface area (Å²) in [6.45, 7) is 1.53. The van der Waals surface area contributed by atoms with E-state index in [-0.39, 0.29) is 0 Å². The predicted octanol–water partition coefficient (Wildman–Crippen LogP) is 4.01. The molecule has 0 bridgehead atoms. The lowest BCUT2D eigenvalue weighted by atomic mass is 10.1. The molecule has 0 spiro atoms. The number of hydrogen-bond acceptors (Lipinski definition) is 1. The Hall–Kier alpha value is -0.300. The Morgan fingerprint density at radius 1 is 1.06 bits per heavy atom. The number of unbranched alkanes of at least 4 members (excludes halogenated alkanes) is 1. The first-order valence-electron chi connectivity index (χ1n) is 5.47. The second kappa shape index (κ2) is 7.20. The van der Waals surface area contributed by atoms with Gasteiger partial charge in [0.15, 0.2) is 0 Å². The molecule has 0 fully saturated rings. The average Bonchev–Trinajstić information content (AvgIpc) is 2.28. The molecule has 0 radical (unpaired) electrons. The van der Waals surface area contributed by atoms with Gasteiger partial charge in [0.25, 0.3) is 0 Å². The first-order valence-corrected chi connectivity index (χ1v) is 6.99. The van der Waals surface area contributed by atoms with E-state index in [9.17, 15) is 13.2 Å². The molecule has 0 aliphatic carbocycles. The predicted molar refractivity (Wildman–Crippen MR) is 71.3 cm³/mol. The molecule has 1 nitrogen and oxygen atoms in total. The van der Waals surface area contributed by atoms with Crippen molar-refractivity contribution in [1.82, 2.24) is 5.32 Å². The molecule has 0 saturated carbocycles. The van der Waals surface area contributed by atoms with E-state index < -0.39 is 11.7 Å². The van der Waals surface area contributed by atoms with Gasteiger partial charge in [-0.15, -0.1) is 0 Å². The molecular formula is C12H15F3IN. The summed E-state index contributed by atoms with van der Waals surface area (Å²) in [7, 11) is 0. The smallest absolute Gasteiger partial charge is 0.313 e. The van der Waals surface area contributed by atoms with Crippen LogP contribution in [0.5, 0.6) is 0 Å². The Labute approximate surface area is 113 Å². The van der Waals surface area contributed by atoms with Gasteiger partial charge in [0, 0.05) is 6.54 Å². The van der Waals surface area contributed by atoms with Crippen LogP contribution in [-0.4, -0.2) is 11.0 Å². The largest absolute Gasteiger partial charge is 0.416 e. The third-order valence-corrected chi connectivity index (χ3v) is 3.11. The molecule has 1 aromatic carbocycles. The van der Waals surface area contributed by atoms with E-state index in [1.165, 1.54) is 18.6 Å². The van der Waals surface area contributed by atoms with Gasteiger partial charge in [0.1, 0.15) is 0 Å². The molecule has 17 heavy (non-hydrogen) atoms. The standard InChI is InChI=1S/C12H15F3IN/c13-12(14,15)11-5-3-10(4-6-11)9-17-8-2-1-7-16/h3-6,17H,1-2,7-9H2. The zero-order chi connectivity index (χ0) is 12.7. The summed E-state index contributed by atoms with van der Waals surface area (Å²) in [5.74, 6) is 0. The zero-order valence-corrected chi connectivity index (χ0v) is 11.5. The summed E-state index contributed by atoms with van der Waals surface area (Å²) < 4.78 is 38.0. The number of benzene rings is 1. The van der Waals surface area contributed by atoms with Crippen LogP contribution in [0.25, 0.3) is 0 Å². The fourth-order valence-corrected chi connectivity index (χ4v) is 1.93. The molecular weight excluding hydrogens is 342 g/mol. The van der Waals surface area contributed by atoms with Crippen LogP contribution in [0.3, 0.4) is 0 Å². The van der Waals surface area contributed by atoms with Gasteiger partial charge in [-0.05, 0) is 41.5 Å². The normalized spacial score (nSPS) is 11.8. The van der Waals surface area contributed by atoms with Crippen LogP contribution in [0.2, 0.25) is 0 Å². The molecule has 0 aromatic heterocycles. The molecule has 0 unspecified atom stereocenters. The maximum Gasteiger partial charge on any atom is 0.416 e. The Morgan fingerprint density at radius 2 is 1.71 bits per heavy atom. The SMILES string of the molecule is FC(F)(F)c1ccc(CNCCCCI)cc1. The maximum absolute atomic E-state index is 12.3. The van der Waals surface area contributed by atoms with Crippen molar-refractivity contribution in [2.45, 2.75) is 25.6 Å². The van der Waals surface area contributed by atoms with Gasteiger partial charge >= 0.3 is 6.18 Å². The summed E-state index contributed by atoms with van der Waals surface area (Å²) in [6.07, 6.45) is -1.98. The molecule has 0 amide bonds. The Bertz CT molecular complexity index is 322. The summed E-state index contributed by atoms with van der Waals surface area (Å²) in [4.78, 5) is 0. The maximum atomic E-state index is 12.3. The highest BCUT2D eigenvalue weighted by Gasteiger charge is 2.29. The second-order valence-corrected chi connectivity index (χ2v) is 4.85. The van der Waals surface area contributed by atoms with Crippen molar-refractivity contribution in [2.75, 3.05) is 11.0 Å². The number of nitrogens with one attached hydrogen (secondary N) is 1. The Kier molecular flexibility index (Phi) is 6.26. The fraction of sp³-hybridized carbons (Fsp3) is 0.500. The molecule has 0 saturated heterocycles. The van der Waals surface area contributed by atoms with Crippen LogP contribution in [-0.2, 0) is 12.7 Å². The van der Waals surface area contributed by atoms with Crippen LogP contribution in [0.1, 0.15) is 24.0 Å². The molecule has 1 N–H and O–H groups in total. The molecule has 96 valence electrons. The first-order chi connectivity index (χ1) is 8.04. The highest BCUT2D eigenvalue weighted by molar-refractivity contribution is 14.1. The van der Waals surface area contributed by atoms with Gasteiger partial charge in [-0.25, -0.2) is 0 Å². The van der Waals surface area contributed by atoms with Crippen LogP contribution < -0.4 is 5.32 Å². The first kappa shape index (κ1) is 14.8. The van der Waals surface area contributed by atoms with E-state index in [2.05, 4.69) is 27.9 Å². The van der Waals surface area contributed by atoms with E-state index in [0.717, 1.165) is 35.1 Å². The van der Waals surface area contributed by atoms with Gasteiger partial charge in [-0.3, -0.25) is 0 Å². The molecule has 5 heteroatoms. The van der Waals surface area contributed by atoms with Crippen LogP contribution >= 0.6 is 22.6 Å². The topological polar surface area (TPSA) is 12.0 Å². The van der Waals surface area contributed by atoms with Crippen molar-refractivity contribution in [1.29, 1.82) is 0 Å². The summed E-state index contributed by atoms with van der Waals surface area (Å²) >= 11 is 2.33. The van der Waals surface area contributed by atoms with Crippen molar-refractivity contribution in [3.05, 3.63) is 35.4 Å². The van der Waals surface area contributed by atoms with Crippen molar-refractivity contribution < 1.29 is 13.2 Å². The fourth-order valence-electron chi connectivity index (χ4n) is 1.39. The van der Waals surface area contributed by atoms with Crippen molar-refractivity contribution in [3.63, 3.8) is 0 Å². The third kappa shape index (κ3) is 5.72. The molecule has 0 heterocycles. The Morgan fingerprint density at radius 3 is 2.24 bits per heavy atom. The third-order valence-electron chi connectivity index (χ3n) is 2.35. The van der Waals surface area contributed by atoms with Gasteiger partial charge in [0.2, 0.25) is 0 Å². The summed E-state index contributed by atoms with van der Waals surface area (Å²) in [5.41, 5.74) is 0.290. The lowest BCUT2D eigenvalue weighted by molar-refractivity contribution is -0.137. The minimum Gasteiger partial charge on any atom is -0.313 e. The van der Waals surface area contributed by atoms with Gasteiger partial charge in [-0.2, -0.15) is 13.2 Å². The highest BCUT2D eigenvalue weighted by atomic mass is 127. The van der Waals surface area contributed by atoms with Crippen LogP contribution in [0.15, 0.2) is 24.3 Å². The number of hydrogen-bond donors (Lipinski definition) is 1. The minimum absolute atomic E-state index is 0.592. The number of rotatable bonds is 6. The summed E-state index contributed by atoms with van der Waals surface area (Å²) in [6, 6.07) is 5.30. The van der Waals surface area contributed by atoms with E-state index in [1.54, 1.807) is 0 Å². The lowest BCUT2D eigenvalue weighted by Gasteiger charge is -2.08. The van der Waals surface area contributed by atoms with E-state index in [4.69, 9.17) is 0 Å². The van der Waals surface area contributed by atoms with Crippen LogP contribution in [0.4, 0.5) is 13.2 Å². The van der Waals surface area contributed by atoms with E-state index in [1.807, 2.05) is 0 Å². The van der Waals surface area contributed by atoms with E-state index in [0.29, 0.717) is 6.54 Å². The van der Waals surface area contributed by atoms with Gasteiger partial charge in [0.05, 0.1) is 5.56 Å². The second-order valence-electron chi connectivity index (χ2n) is 3.77. The minimum atomic E-state index is -4.24. The van der Waals surface area contributed by atoms with Gasteiger partial charge < -0.3 is 5.32 Å². The monoisotopic (exact) mass is 357 g/mol. The molecule has 0 aliphatic rings. The lowest BCUT2D eigenvalue weighted by Crippen LogP contribution is -2.15. The molecule has 0 atom stereocenters. The average molecular weight is 357 g/mol. The molecule has 1 aromatic rings. The zero-order valence-electron chi connectivity index (χ0n) is 9.36. The van der Waals surface area contributed by atoms with Gasteiger partial charge in [-0.1, -0.05) is 34.7 Å². The molecule has 1 rings (SSSR count). The summed E-state index contributed by atoms with van der Waals surface area (Å²) in [5, 5.41) is 3.21. The van der Waals surface area contributed by atoms with Crippen LogP contribution in [0, 0.1) is 0 Å². The quantitative estimate of drug-likeness (QED) is 0.461. The van der Waals surface area contributed by atoms with Crippen molar-refractivity contribution in [3.8, 4) is 0 Å². The molecule has 0 aliphatic heterocycles. The van der Waals surface area contributed by atoms with E-state index >= 15 is 0 Å². The highest BCUT2D eigenvalue weighted by Crippen LogP contribution is 2.28. The Balaban J connectivity index is 2.36. The number of alkyl halides is 4. The number of halogens is 4. The van der Waals surface area contributed by atoms with Crippen molar-refractivity contribution >= 4 is 22.6 Å². The van der Waals surface area contributed by atoms with Crippen molar-refractivity contribution in [2.24, 2.45) is 0 Å².